The summed E-state index contributed by atoms with van der Waals surface area (Å²) in [6.45, 7) is 5.32. The number of hydrogen-bond acceptors (Lipinski definition) is 3. The van der Waals surface area contributed by atoms with E-state index in [-0.39, 0.29) is 11.7 Å². The number of rotatable bonds is 1. The molecule has 0 amide bonds. The molecule has 1 aromatic rings. The number of ether oxygens (including phenoxy) is 1. The predicted octanol–water partition coefficient (Wildman–Crippen LogP) is 0.133. The molecule has 1 aliphatic rings. The van der Waals surface area contributed by atoms with Crippen LogP contribution >= 0.6 is 0 Å². The second-order valence-electron chi connectivity index (χ2n) is 3.43. The van der Waals surface area contributed by atoms with Crippen LogP contribution in [0.25, 0.3) is 0 Å². The average Bonchev–Trinajstić information content (AvgIpc) is 2.58. The van der Waals surface area contributed by atoms with Crippen LogP contribution < -0.4 is 11.2 Å². The summed E-state index contributed by atoms with van der Waals surface area (Å²) in [6, 6.07) is 0. The molecule has 2 atom stereocenters. The Morgan fingerprint density at radius 1 is 1.47 bits per heavy atom. The van der Waals surface area contributed by atoms with Gasteiger partial charge in [0.1, 0.15) is 0 Å². The van der Waals surface area contributed by atoms with Crippen molar-refractivity contribution in [3.05, 3.63) is 51.7 Å². The summed E-state index contributed by atoms with van der Waals surface area (Å²) in [4.78, 5) is 24.8. The summed E-state index contributed by atoms with van der Waals surface area (Å²) in [7, 11) is 0. The van der Waals surface area contributed by atoms with E-state index in [1.54, 1.807) is 19.1 Å². The molecule has 1 aliphatic heterocycles. The quantitative estimate of drug-likeness (QED) is 0.526. The van der Waals surface area contributed by atoms with Crippen LogP contribution in [0, 0.1) is 13.8 Å². The van der Waals surface area contributed by atoms with Crippen molar-refractivity contribution in [3.63, 3.8) is 0 Å². The highest BCUT2D eigenvalue weighted by atomic mass is 16.5. The Kier molecular flexibility index (Phi) is 2.32. The van der Waals surface area contributed by atoms with Gasteiger partial charge in [0.05, 0.1) is 0 Å². The highest BCUT2D eigenvalue weighted by Gasteiger charge is 2.15. The number of aromatic amines is 1. The normalized spacial score (nSPS) is 24.7. The Labute approximate surface area is 86.0 Å². The molecule has 0 fully saturated rings. The van der Waals surface area contributed by atoms with Crippen molar-refractivity contribution in [2.75, 3.05) is 0 Å². The number of hydrogen-bond donors (Lipinski definition) is 1. The van der Waals surface area contributed by atoms with Gasteiger partial charge < -0.3 is 11.7 Å². The number of nitrogens with zero attached hydrogens (tertiary/aromatic N) is 1. The van der Waals surface area contributed by atoms with E-state index in [0.29, 0.717) is 5.56 Å². The minimum Gasteiger partial charge on any atom is -0.379 e. The van der Waals surface area contributed by atoms with Crippen LogP contribution in [0.1, 0.15) is 11.8 Å². The molecule has 80 valence electrons. The lowest BCUT2D eigenvalue weighted by atomic mass is 10.3. The Morgan fingerprint density at radius 3 is 2.80 bits per heavy atom. The van der Waals surface area contributed by atoms with Gasteiger partial charge >= 0.3 is 5.69 Å². The van der Waals surface area contributed by atoms with Gasteiger partial charge in [-0.1, -0.05) is 6.08 Å². The van der Waals surface area contributed by atoms with Gasteiger partial charge in [0.15, 0.2) is 6.23 Å². The highest BCUT2D eigenvalue weighted by molar-refractivity contribution is 5.06. The highest BCUT2D eigenvalue weighted by Crippen LogP contribution is 2.18. The van der Waals surface area contributed by atoms with Crippen molar-refractivity contribution < 1.29 is 4.74 Å². The molecule has 1 aromatic heterocycles. The van der Waals surface area contributed by atoms with Crippen LogP contribution in [0.2, 0.25) is 0 Å². The van der Waals surface area contributed by atoms with Crippen LogP contribution in [0.5, 0.6) is 0 Å². The zero-order chi connectivity index (χ0) is 11.0. The lowest BCUT2D eigenvalue weighted by molar-refractivity contribution is 0.0360. The van der Waals surface area contributed by atoms with Gasteiger partial charge in [0.25, 0.3) is 5.56 Å². The van der Waals surface area contributed by atoms with Gasteiger partial charge in [-0.25, -0.2) is 4.79 Å². The first-order chi connectivity index (χ1) is 7.08. The first-order valence-electron chi connectivity index (χ1n) is 4.57. The molecule has 5 heteroatoms. The van der Waals surface area contributed by atoms with E-state index in [2.05, 4.69) is 11.9 Å². The first-order valence-corrected chi connectivity index (χ1v) is 4.57. The van der Waals surface area contributed by atoms with E-state index in [9.17, 15) is 9.59 Å². The monoisotopic (exact) mass is 207 g/mol. The summed E-state index contributed by atoms with van der Waals surface area (Å²) in [6.07, 6.45) is 4.24. The smallest absolute Gasteiger partial charge is 0.330 e. The molecule has 0 spiro atoms. The Morgan fingerprint density at radius 2 is 2.20 bits per heavy atom. The van der Waals surface area contributed by atoms with E-state index >= 15 is 0 Å². The molecule has 0 unspecified atom stereocenters. The van der Waals surface area contributed by atoms with Crippen molar-refractivity contribution in [2.45, 2.75) is 19.3 Å². The molecular weight excluding hydrogens is 196 g/mol. The Balaban J connectivity index is 2.46. The van der Waals surface area contributed by atoms with E-state index < -0.39 is 11.9 Å². The largest absolute Gasteiger partial charge is 0.379 e. The fraction of sp³-hybridized carbons (Fsp3) is 0.300. The summed E-state index contributed by atoms with van der Waals surface area (Å²) >= 11 is 0. The van der Waals surface area contributed by atoms with Gasteiger partial charge in [-0.3, -0.25) is 14.3 Å². The maximum Gasteiger partial charge on any atom is 0.330 e. The number of aromatic nitrogens is 2. The van der Waals surface area contributed by atoms with E-state index in [4.69, 9.17) is 4.74 Å². The molecule has 0 saturated heterocycles. The third kappa shape index (κ3) is 1.78. The van der Waals surface area contributed by atoms with E-state index in [0.717, 1.165) is 0 Å². The van der Waals surface area contributed by atoms with E-state index in [1.165, 1.54) is 10.8 Å². The topological polar surface area (TPSA) is 64.1 Å². The summed E-state index contributed by atoms with van der Waals surface area (Å²) in [5.74, 6) is 0. The fourth-order valence-corrected chi connectivity index (χ4v) is 1.42. The zero-order valence-electron chi connectivity index (χ0n) is 8.27. The van der Waals surface area contributed by atoms with E-state index in [1.807, 2.05) is 0 Å². The second kappa shape index (κ2) is 3.51. The fourth-order valence-electron chi connectivity index (χ4n) is 1.42. The molecule has 0 saturated carbocycles. The molecule has 0 aliphatic carbocycles. The van der Waals surface area contributed by atoms with Gasteiger partial charge in [0.2, 0.25) is 0 Å². The second-order valence-corrected chi connectivity index (χ2v) is 3.43. The summed E-state index contributed by atoms with van der Waals surface area (Å²) in [5.41, 5.74) is -0.377. The average molecular weight is 207 g/mol. The van der Waals surface area contributed by atoms with Gasteiger partial charge in [-0.15, -0.1) is 0 Å². The van der Waals surface area contributed by atoms with Crippen molar-refractivity contribution in [1.82, 2.24) is 9.55 Å². The molecule has 15 heavy (non-hydrogen) atoms. The van der Waals surface area contributed by atoms with Crippen molar-refractivity contribution in [3.8, 4) is 0 Å². The van der Waals surface area contributed by atoms with Crippen molar-refractivity contribution >= 4 is 0 Å². The third-order valence-electron chi connectivity index (χ3n) is 2.22. The van der Waals surface area contributed by atoms with Crippen molar-refractivity contribution in [1.29, 1.82) is 0 Å². The zero-order valence-corrected chi connectivity index (χ0v) is 8.27. The third-order valence-corrected chi connectivity index (χ3v) is 2.22. The maximum atomic E-state index is 11.5. The van der Waals surface area contributed by atoms with Crippen LogP contribution in [-0.2, 0) is 4.74 Å². The standard InChI is InChI=1S/C10H11N2O3/c1-6-5-12(10(14)11-9(6)13)8-4-3-7(2)15-8/h3-5,7-8H,2H2,1H3,(H,11,13,14)/q-1/t7-,8-/m1/s1. The minimum absolute atomic E-state index is 0.255. The number of H-pyrrole nitrogens is 1. The van der Waals surface area contributed by atoms with Crippen molar-refractivity contribution in [2.24, 2.45) is 0 Å². The predicted molar refractivity (Wildman–Crippen MR) is 54.5 cm³/mol. The van der Waals surface area contributed by atoms with Crippen LogP contribution in [0.3, 0.4) is 0 Å². The SMILES string of the molecule is [CH2-][C@@H]1C=C[C@H](n2cc(C)c(=O)[nH]c2=O)O1. The number of nitrogens with one attached hydrogen (secondary N) is 1. The van der Waals surface area contributed by atoms with Crippen LogP contribution in [0.15, 0.2) is 27.9 Å². The van der Waals surface area contributed by atoms with Gasteiger partial charge in [0, 0.05) is 11.8 Å². The lowest BCUT2D eigenvalue weighted by Crippen LogP contribution is -2.33. The molecule has 0 aromatic carbocycles. The summed E-state index contributed by atoms with van der Waals surface area (Å²) in [5, 5.41) is 0. The first kappa shape index (κ1) is 9.92. The van der Waals surface area contributed by atoms with Crippen LogP contribution in [-0.4, -0.2) is 15.7 Å². The molecule has 0 radical (unpaired) electrons. The lowest BCUT2D eigenvalue weighted by Gasteiger charge is -2.16. The molecular formula is C10H11N2O3-. The molecule has 0 bridgehead atoms. The molecule has 5 nitrogen and oxygen atoms in total. The maximum absolute atomic E-state index is 11.5. The number of aryl methyl sites for hydroxylation is 1. The molecule has 2 rings (SSSR count). The molecule has 2 heterocycles. The molecule has 1 N–H and O–H groups in total. The summed E-state index contributed by atoms with van der Waals surface area (Å²) < 4.78 is 6.67. The Hall–Kier alpha value is -1.62. The Bertz CT molecular complexity index is 512. The van der Waals surface area contributed by atoms with Gasteiger partial charge in [-0.05, 0) is 19.1 Å². The van der Waals surface area contributed by atoms with Crippen LogP contribution in [0.4, 0.5) is 0 Å². The van der Waals surface area contributed by atoms with Gasteiger partial charge in [-0.2, -0.15) is 0 Å². The minimum atomic E-state index is -0.477.